The molecule has 76 valence electrons. The second-order valence-corrected chi connectivity index (χ2v) is 4.68. The lowest BCUT2D eigenvalue weighted by Crippen LogP contribution is -2.57. The molecule has 2 fully saturated rings. The summed E-state index contributed by atoms with van der Waals surface area (Å²) in [6, 6.07) is 2.01. The van der Waals surface area contributed by atoms with Gasteiger partial charge in [0.25, 0.3) is 0 Å². The summed E-state index contributed by atoms with van der Waals surface area (Å²) in [5, 5.41) is 10.8. The molecule has 0 saturated carbocycles. The Morgan fingerprint density at radius 3 is 2.69 bits per heavy atom. The molecule has 0 aliphatic carbocycles. The van der Waals surface area contributed by atoms with E-state index in [-0.39, 0.29) is 0 Å². The fraction of sp³-hybridized carbons (Fsp3) is 1.00. The molecule has 2 saturated heterocycles. The molecule has 0 spiro atoms. The molecular weight excluding hydrogens is 162 g/mol. The van der Waals surface area contributed by atoms with Crippen LogP contribution in [-0.2, 0) is 0 Å². The van der Waals surface area contributed by atoms with Crippen molar-refractivity contribution in [2.24, 2.45) is 5.92 Å². The lowest BCUT2D eigenvalue weighted by molar-refractivity contribution is 0.319. The maximum atomic E-state index is 3.61. The van der Waals surface area contributed by atoms with Crippen molar-refractivity contribution in [3.05, 3.63) is 0 Å². The van der Waals surface area contributed by atoms with E-state index in [2.05, 4.69) is 29.8 Å². The standard InChI is InChI=1S/C10H21N3/c1-7(2)5-8-10-9(6-13-8)11-3-4-12-10/h7-13H,3-6H2,1-2H3. The first-order chi connectivity index (χ1) is 6.27. The summed E-state index contributed by atoms with van der Waals surface area (Å²) >= 11 is 0. The second-order valence-electron chi connectivity index (χ2n) is 4.68. The van der Waals surface area contributed by atoms with E-state index >= 15 is 0 Å². The lowest BCUT2D eigenvalue weighted by Gasteiger charge is -2.31. The Labute approximate surface area is 80.7 Å². The molecule has 0 bridgehead atoms. The van der Waals surface area contributed by atoms with E-state index in [1.54, 1.807) is 0 Å². The number of nitrogens with one attached hydrogen (secondary N) is 3. The lowest BCUT2D eigenvalue weighted by atomic mass is 9.96. The summed E-state index contributed by atoms with van der Waals surface area (Å²) in [6.45, 7) is 7.97. The fourth-order valence-corrected chi connectivity index (χ4v) is 2.53. The van der Waals surface area contributed by atoms with Crippen molar-refractivity contribution in [1.29, 1.82) is 0 Å². The van der Waals surface area contributed by atoms with Gasteiger partial charge < -0.3 is 16.0 Å². The van der Waals surface area contributed by atoms with Crippen molar-refractivity contribution in [2.45, 2.75) is 38.4 Å². The number of rotatable bonds is 2. The Balaban J connectivity index is 1.91. The van der Waals surface area contributed by atoms with Crippen LogP contribution in [0.1, 0.15) is 20.3 Å². The molecule has 3 heteroatoms. The van der Waals surface area contributed by atoms with Crippen LogP contribution < -0.4 is 16.0 Å². The van der Waals surface area contributed by atoms with Crippen molar-refractivity contribution < 1.29 is 0 Å². The van der Waals surface area contributed by atoms with E-state index in [0.29, 0.717) is 18.1 Å². The van der Waals surface area contributed by atoms with E-state index in [1.165, 1.54) is 6.42 Å². The smallest absolute Gasteiger partial charge is 0.0388 e. The molecule has 2 aliphatic rings. The van der Waals surface area contributed by atoms with Gasteiger partial charge in [-0.25, -0.2) is 0 Å². The first kappa shape index (κ1) is 9.44. The summed E-state index contributed by atoms with van der Waals surface area (Å²) in [6.07, 6.45) is 1.29. The van der Waals surface area contributed by atoms with E-state index in [9.17, 15) is 0 Å². The molecule has 2 rings (SSSR count). The maximum absolute atomic E-state index is 3.61. The van der Waals surface area contributed by atoms with Crippen LogP contribution in [0, 0.1) is 5.92 Å². The molecule has 0 aromatic rings. The average molecular weight is 183 g/mol. The molecule has 0 aromatic heterocycles. The van der Waals surface area contributed by atoms with Gasteiger partial charge in [-0.15, -0.1) is 0 Å². The molecule has 13 heavy (non-hydrogen) atoms. The van der Waals surface area contributed by atoms with Gasteiger partial charge in [-0.05, 0) is 12.3 Å². The molecule has 3 unspecified atom stereocenters. The monoisotopic (exact) mass is 183 g/mol. The van der Waals surface area contributed by atoms with Crippen LogP contribution >= 0.6 is 0 Å². The van der Waals surface area contributed by atoms with Gasteiger partial charge in [-0.1, -0.05) is 13.8 Å². The molecule has 0 amide bonds. The van der Waals surface area contributed by atoms with Crippen LogP contribution in [-0.4, -0.2) is 37.8 Å². The Morgan fingerprint density at radius 1 is 1.15 bits per heavy atom. The highest BCUT2D eigenvalue weighted by Gasteiger charge is 2.36. The first-order valence-corrected chi connectivity index (χ1v) is 5.47. The Kier molecular flexibility index (Phi) is 2.86. The zero-order valence-corrected chi connectivity index (χ0v) is 8.64. The van der Waals surface area contributed by atoms with Crippen molar-refractivity contribution in [3.63, 3.8) is 0 Å². The quantitative estimate of drug-likeness (QED) is 0.561. The number of hydrogen-bond donors (Lipinski definition) is 3. The van der Waals surface area contributed by atoms with Crippen LogP contribution in [0.15, 0.2) is 0 Å². The van der Waals surface area contributed by atoms with Crippen LogP contribution in [0.2, 0.25) is 0 Å². The molecule has 3 nitrogen and oxygen atoms in total. The molecule has 3 atom stereocenters. The van der Waals surface area contributed by atoms with Crippen LogP contribution in [0.5, 0.6) is 0 Å². The molecule has 0 aromatic carbocycles. The van der Waals surface area contributed by atoms with Gasteiger partial charge in [0, 0.05) is 37.8 Å². The number of hydrogen-bond acceptors (Lipinski definition) is 3. The van der Waals surface area contributed by atoms with Crippen molar-refractivity contribution >= 4 is 0 Å². The Bertz CT molecular complexity index is 170. The molecular formula is C10H21N3. The minimum absolute atomic E-state index is 0.663. The predicted octanol–water partition coefficient (Wildman–Crippen LogP) is -0.0657. The normalized spacial score (nSPS) is 39.5. The largest absolute Gasteiger partial charge is 0.311 e. The van der Waals surface area contributed by atoms with Crippen LogP contribution in [0.4, 0.5) is 0 Å². The molecule has 2 aliphatic heterocycles. The summed E-state index contributed by atoms with van der Waals surface area (Å²) in [7, 11) is 0. The molecule has 2 heterocycles. The topological polar surface area (TPSA) is 36.1 Å². The summed E-state index contributed by atoms with van der Waals surface area (Å²) < 4.78 is 0. The highest BCUT2D eigenvalue weighted by molar-refractivity contribution is 5.02. The zero-order valence-electron chi connectivity index (χ0n) is 8.64. The van der Waals surface area contributed by atoms with Gasteiger partial charge >= 0.3 is 0 Å². The summed E-state index contributed by atoms with van der Waals surface area (Å²) in [4.78, 5) is 0. The second kappa shape index (κ2) is 3.95. The minimum atomic E-state index is 0.663. The third-order valence-corrected chi connectivity index (χ3v) is 3.10. The first-order valence-electron chi connectivity index (χ1n) is 5.47. The van der Waals surface area contributed by atoms with Gasteiger partial charge in [-0.3, -0.25) is 0 Å². The van der Waals surface area contributed by atoms with Gasteiger partial charge in [0.15, 0.2) is 0 Å². The Hall–Kier alpha value is -0.120. The molecule has 0 radical (unpaired) electrons. The highest BCUT2D eigenvalue weighted by atomic mass is 15.2. The third-order valence-electron chi connectivity index (χ3n) is 3.10. The van der Waals surface area contributed by atoms with E-state index in [1.807, 2.05) is 0 Å². The molecule has 3 N–H and O–H groups in total. The van der Waals surface area contributed by atoms with Gasteiger partial charge in [0.1, 0.15) is 0 Å². The van der Waals surface area contributed by atoms with E-state index in [4.69, 9.17) is 0 Å². The zero-order chi connectivity index (χ0) is 9.26. The van der Waals surface area contributed by atoms with E-state index in [0.717, 1.165) is 25.6 Å². The number of piperazine rings is 1. The van der Waals surface area contributed by atoms with E-state index < -0.39 is 0 Å². The predicted molar refractivity (Wildman–Crippen MR) is 54.8 cm³/mol. The maximum Gasteiger partial charge on any atom is 0.0388 e. The van der Waals surface area contributed by atoms with Crippen LogP contribution in [0.25, 0.3) is 0 Å². The average Bonchev–Trinajstić information content (AvgIpc) is 2.48. The third kappa shape index (κ3) is 2.03. The number of fused-ring (bicyclic) bond motifs is 1. The van der Waals surface area contributed by atoms with Gasteiger partial charge in [-0.2, -0.15) is 0 Å². The van der Waals surface area contributed by atoms with Crippen molar-refractivity contribution in [1.82, 2.24) is 16.0 Å². The summed E-state index contributed by atoms with van der Waals surface area (Å²) in [5.74, 6) is 0.792. The highest BCUT2D eigenvalue weighted by Crippen LogP contribution is 2.17. The van der Waals surface area contributed by atoms with Crippen molar-refractivity contribution in [2.75, 3.05) is 19.6 Å². The van der Waals surface area contributed by atoms with Gasteiger partial charge in [0.05, 0.1) is 0 Å². The van der Waals surface area contributed by atoms with Crippen molar-refractivity contribution in [3.8, 4) is 0 Å². The SMILES string of the molecule is CC(C)CC1NCC2NCCNC21. The Morgan fingerprint density at radius 2 is 1.92 bits per heavy atom. The summed E-state index contributed by atoms with van der Waals surface area (Å²) in [5.41, 5.74) is 0. The fourth-order valence-electron chi connectivity index (χ4n) is 2.53. The van der Waals surface area contributed by atoms with Crippen LogP contribution in [0.3, 0.4) is 0 Å². The van der Waals surface area contributed by atoms with Gasteiger partial charge in [0.2, 0.25) is 0 Å². The minimum Gasteiger partial charge on any atom is -0.311 e.